The normalized spacial score (nSPS) is 14.1. The van der Waals surface area contributed by atoms with E-state index in [0.29, 0.717) is 5.75 Å². The van der Waals surface area contributed by atoms with Gasteiger partial charge in [-0.25, -0.2) is 0 Å². The fraction of sp³-hybridized carbons (Fsp3) is 0.308. The van der Waals surface area contributed by atoms with Gasteiger partial charge in [0.2, 0.25) is 0 Å². The van der Waals surface area contributed by atoms with Crippen LogP contribution >= 0.6 is 0 Å². The Hall–Kier alpha value is -1.97. The summed E-state index contributed by atoms with van der Waals surface area (Å²) in [6.45, 7) is 2.93. The first kappa shape index (κ1) is 10.2. The molecule has 1 aliphatic heterocycles. The molecule has 0 fully saturated rings. The zero-order chi connectivity index (χ0) is 12.0. The van der Waals surface area contributed by atoms with Crippen molar-refractivity contribution in [3.8, 4) is 5.75 Å². The minimum Gasteiger partial charge on any atom is -0.508 e. The van der Waals surface area contributed by atoms with Crippen LogP contribution in [-0.2, 0) is 13.5 Å². The first-order valence-electron chi connectivity index (χ1n) is 5.75. The molecular formula is C13H15N3O. The quantitative estimate of drug-likeness (QED) is 0.814. The van der Waals surface area contributed by atoms with E-state index in [1.807, 2.05) is 30.8 Å². The van der Waals surface area contributed by atoms with E-state index in [1.54, 1.807) is 6.07 Å². The summed E-state index contributed by atoms with van der Waals surface area (Å²) in [5.41, 5.74) is 3.38. The minimum atomic E-state index is 0.314. The standard InChI is InChI=1S/C13H15N3O/c1-9-7-13(15(2)14-9)16-6-5-10-3-4-11(17)8-12(10)16/h3-4,7-8,17H,5-6H2,1-2H3. The number of fused-ring (bicyclic) bond motifs is 1. The molecule has 17 heavy (non-hydrogen) atoms. The van der Waals surface area contributed by atoms with Gasteiger partial charge in [-0.2, -0.15) is 5.10 Å². The van der Waals surface area contributed by atoms with Gasteiger partial charge >= 0.3 is 0 Å². The van der Waals surface area contributed by atoms with Gasteiger partial charge in [0.05, 0.1) is 5.69 Å². The van der Waals surface area contributed by atoms with Gasteiger partial charge in [-0.1, -0.05) is 6.07 Å². The van der Waals surface area contributed by atoms with Crippen molar-refractivity contribution in [2.75, 3.05) is 11.4 Å². The number of aromatic nitrogens is 2. The van der Waals surface area contributed by atoms with Crippen molar-refractivity contribution in [1.29, 1.82) is 0 Å². The molecule has 4 nitrogen and oxygen atoms in total. The van der Waals surface area contributed by atoms with E-state index in [2.05, 4.69) is 16.1 Å². The number of aryl methyl sites for hydroxylation is 2. The Morgan fingerprint density at radius 1 is 1.29 bits per heavy atom. The number of rotatable bonds is 1. The predicted molar refractivity (Wildman–Crippen MR) is 66.8 cm³/mol. The summed E-state index contributed by atoms with van der Waals surface area (Å²) in [5.74, 6) is 1.39. The van der Waals surface area contributed by atoms with Gasteiger partial charge in [-0.05, 0) is 25.0 Å². The molecule has 88 valence electrons. The summed E-state index contributed by atoms with van der Waals surface area (Å²) >= 11 is 0. The molecule has 0 atom stereocenters. The average molecular weight is 229 g/mol. The van der Waals surface area contributed by atoms with Crippen LogP contribution in [0.1, 0.15) is 11.3 Å². The summed E-state index contributed by atoms with van der Waals surface area (Å²) in [4.78, 5) is 2.20. The molecule has 2 heterocycles. The fourth-order valence-electron chi connectivity index (χ4n) is 2.46. The largest absolute Gasteiger partial charge is 0.508 e. The number of aromatic hydroxyl groups is 1. The third-order valence-electron chi connectivity index (χ3n) is 3.22. The van der Waals surface area contributed by atoms with E-state index in [0.717, 1.165) is 30.2 Å². The van der Waals surface area contributed by atoms with Crippen LogP contribution in [-0.4, -0.2) is 21.4 Å². The number of hydrogen-bond donors (Lipinski definition) is 1. The highest BCUT2D eigenvalue weighted by atomic mass is 16.3. The molecule has 0 saturated carbocycles. The maximum atomic E-state index is 9.59. The fourth-order valence-corrected chi connectivity index (χ4v) is 2.46. The summed E-state index contributed by atoms with van der Waals surface area (Å²) < 4.78 is 1.88. The number of phenolic OH excluding ortho intramolecular Hbond substituents is 1. The van der Waals surface area contributed by atoms with Gasteiger partial charge in [0.25, 0.3) is 0 Å². The summed E-state index contributed by atoms with van der Waals surface area (Å²) in [6, 6.07) is 7.63. The molecule has 1 N–H and O–H groups in total. The molecule has 2 aromatic rings. The van der Waals surface area contributed by atoms with E-state index in [9.17, 15) is 5.11 Å². The summed E-state index contributed by atoms with van der Waals surface area (Å²) in [6.07, 6.45) is 1.01. The van der Waals surface area contributed by atoms with E-state index >= 15 is 0 Å². The van der Waals surface area contributed by atoms with Crippen LogP contribution in [0, 0.1) is 6.92 Å². The number of nitrogens with zero attached hydrogens (tertiary/aromatic N) is 3. The SMILES string of the molecule is Cc1cc(N2CCc3ccc(O)cc32)n(C)n1. The van der Waals surface area contributed by atoms with Crippen molar-refractivity contribution >= 4 is 11.5 Å². The van der Waals surface area contributed by atoms with Gasteiger partial charge < -0.3 is 10.0 Å². The number of anilines is 2. The molecule has 3 rings (SSSR count). The van der Waals surface area contributed by atoms with Crippen LogP contribution in [0.3, 0.4) is 0 Å². The Balaban J connectivity index is 2.09. The molecule has 0 bridgehead atoms. The molecule has 1 aliphatic rings. The minimum absolute atomic E-state index is 0.314. The van der Waals surface area contributed by atoms with Gasteiger partial charge in [0.1, 0.15) is 11.6 Å². The van der Waals surface area contributed by atoms with Crippen molar-refractivity contribution in [1.82, 2.24) is 9.78 Å². The molecule has 1 aromatic carbocycles. The Labute approximate surface area is 100 Å². The first-order chi connectivity index (χ1) is 8.15. The van der Waals surface area contributed by atoms with Gasteiger partial charge in [-0.15, -0.1) is 0 Å². The third kappa shape index (κ3) is 1.56. The second kappa shape index (κ2) is 3.52. The van der Waals surface area contributed by atoms with Crippen LogP contribution in [0.2, 0.25) is 0 Å². The topological polar surface area (TPSA) is 41.3 Å². The lowest BCUT2D eigenvalue weighted by molar-refractivity contribution is 0.475. The maximum Gasteiger partial charge on any atom is 0.131 e. The monoisotopic (exact) mass is 229 g/mol. The van der Waals surface area contributed by atoms with Gasteiger partial charge in [0, 0.05) is 31.4 Å². The van der Waals surface area contributed by atoms with Gasteiger partial charge in [0.15, 0.2) is 0 Å². The highest BCUT2D eigenvalue weighted by molar-refractivity contribution is 5.69. The van der Waals surface area contributed by atoms with Crippen LogP contribution < -0.4 is 4.90 Å². The van der Waals surface area contributed by atoms with Crippen molar-refractivity contribution in [2.45, 2.75) is 13.3 Å². The average Bonchev–Trinajstić information content (AvgIpc) is 2.81. The van der Waals surface area contributed by atoms with Crippen molar-refractivity contribution < 1.29 is 5.11 Å². The molecule has 1 aromatic heterocycles. The molecule has 0 radical (unpaired) electrons. The van der Waals surface area contributed by atoms with Gasteiger partial charge in [-0.3, -0.25) is 4.68 Å². The molecule has 4 heteroatoms. The maximum absolute atomic E-state index is 9.59. The lowest BCUT2D eigenvalue weighted by Gasteiger charge is -2.19. The Morgan fingerprint density at radius 2 is 2.12 bits per heavy atom. The van der Waals surface area contributed by atoms with Crippen molar-refractivity contribution in [3.05, 3.63) is 35.5 Å². The van der Waals surface area contributed by atoms with Crippen LogP contribution in [0.4, 0.5) is 11.5 Å². The van der Waals surface area contributed by atoms with Crippen molar-refractivity contribution in [2.24, 2.45) is 7.05 Å². The number of phenols is 1. The second-order valence-corrected chi connectivity index (χ2v) is 4.48. The second-order valence-electron chi connectivity index (χ2n) is 4.48. The van der Waals surface area contributed by atoms with E-state index < -0.39 is 0 Å². The summed E-state index contributed by atoms with van der Waals surface area (Å²) in [7, 11) is 1.95. The van der Waals surface area contributed by atoms with Crippen LogP contribution in [0.25, 0.3) is 0 Å². The first-order valence-corrected chi connectivity index (χ1v) is 5.75. The smallest absolute Gasteiger partial charge is 0.131 e. The number of benzene rings is 1. The molecule has 0 spiro atoms. The van der Waals surface area contributed by atoms with E-state index in [4.69, 9.17) is 0 Å². The Bertz CT molecular complexity index is 574. The van der Waals surface area contributed by atoms with Crippen molar-refractivity contribution in [3.63, 3.8) is 0 Å². The van der Waals surface area contributed by atoms with E-state index in [1.165, 1.54) is 5.56 Å². The molecular weight excluding hydrogens is 214 g/mol. The highest BCUT2D eigenvalue weighted by Gasteiger charge is 2.23. The summed E-state index contributed by atoms with van der Waals surface area (Å²) in [5, 5.41) is 13.9. The Morgan fingerprint density at radius 3 is 2.82 bits per heavy atom. The van der Waals surface area contributed by atoms with Crippen LogP contribution in [0.15, 0.2) is 24.3 Å². The molecule has 0 saturated heterocycles. The Kier molecular flexibility index (Phi) is 2.11. The highest BCUT2D eigenvalue weighted by Crippen LogP contribution is 2.36. The molecule has 0 unspecified atom stereocenters. The zero-order valence-corrected chi connectivity index (χ0v) is 10.0. The lowest BCUT2D eigenvalue weighted by atomic mass is 10.1. The van der Waals surface area contributed by atoms with E-state index in [-0.39, 0.29) is 0 Å². The third-order valence-corrected chi connectivity index (χ3v) is 3.22. The molecule has 0 aliphatic carbocycles. The zero-order valence-electron chi connectivity index (χ0n) is 10.0. The number of hydrogen-bond acceptors (Lipinski definition) is 3. The molecule has 0 amide bonds. The van der Waals surface area contributed by atoms with Crippen LogP contribution in [0.5, 0.6) is 5.75 Å². The predicted octanol–water partition coefficient (Wildman–Crippen LogP) is 2.13. The lowest BCUT2D eigenvalue weighted by Crippen LogP contribution is -2.16.